The van der Waals surface area contributed by atoms with Gasteiger partial charge in [-0.25, -0.2) is 0 Å². The van der Waals surface area contributed by atoms with Gasteiger partial charge in [-0.2, -0.15) is 0 Å². The summed E-state index contributed by atoms with van der Waals surface area (Å²) in [4.78, 5) is 16.8. The number of oxime groups is 1. The molecule has 132 valence electrons. The SMILES string of the molecule is COc1ccc(NC(=O)CO/N=C\c2ccc(C(C)C)cc2)cc1Cl. The first-order valence-electron chi connectivity index (χ1n) is 7.88. The molecule has 0 atom stereocenters. The summed E-state index contributed by atoms with van der Waals surface area (Å²) >= 11 is 6.01. The summed E-state index contributed by atoms with van der Waals surface area (Å²) < 4.78 is 5.06. The molecule has 0 radical (unpaired) electrons. The molecule has 0 aliphatic heterocycles. The highest BCUT2D eigenvalue weighted by Crippen LogP contribution is 2.27. The lowest BCUT2D eigenvalue weighted by Crippen LogP contribution is -2.16. The normalized spacial score (nSPS) is 10.9. The summed E-state index contributed by atoms with van der Waals surface area (Å²) in [5, 5.41) is 6.91. The second kappa shape index (κ2) is 9.08. The molecule has 0 aliphatic carbocycles. The first kappa shape index (κ1) is 18.8. The Kier molecular flexibility index (Phi) is 6.83. The Morgan fingerprint density at radius 1 is 1.24 bits per heavy atom. The van der Waals surface area contributed by atoms with Gasteiger partial charge in [0, 0.05) is 5.69 Å². The van der Waals surface area contributed by atoms with Crippen molar-refractivity contribution in [1.82, 2.24) is 0 Å². The minimum atomic E-state index is -0.325. The Hall–Kier alpha value is -2.53. The van der Waals surface area contributed by atoms with E-state index in [0.29, 0.717) is 22.4 Å². The van der Waals surface area contributed by atoms with E-state index in [0.717, 1.165) is 5.56 Å². The highest BCUT2D eigenvalue weighted by molar-refractivity contribution is 6.32. The van der Waals surface area contributed by atoms with Crippen molar-refractivity contribution in [2.75, 3.05) is 19.0 Å². The summed E-state index contributed by atoms with van der Waals surface area (Å²) in [6.07, 6.45) is 1.57. The van der Waals surface area contributed by atoms with Crippen LogP contribution in [-0.4, -0.2) is 25.8 Å². The second-order valence-electron chi connectivity index (χ2n) is 5.73. The number of methoxy groups -OCH3 is 1. The molecule has 0 fully saturated rings. The van der Waals surface area contributed by atoms with Crippen molar-refractivity contribution in [3.63, 3.8) is 0 Å². The standard InChI is InChI=1S/C19H21ClN2O3/c1-13(2)15-6-4-14(5-7-15)11-21-25-12-19(23)22-16-8-9-18(24-3)17(20)10-16/h4-11,13H,12H2,1-3H3,(H,22,23)/b21-11-. The van der Waals surface area contributed by atoms with Crippen molar-refractivity contribution in [3.05, 3.63) is 58.6 Å². The third-order valence-electron chi connectivity index (χ3n) is 3.51. The van der Waals surface area contributed by atoms with Crippen LogP contribution in [0.1, 0.15) is 30.9 Å². The monoisotopic (exact) mass is 360 g/mol. The maximum absolute atomic E-state index is 11.8. The minimum absolute atomic E-state index is 0.190. The third kappa shape index (κ3) is 5.80. The van der Waals surface area contributed by atoms with E-state index in [1.807, 2.05) is 24.3 Å². The van der Waals surface area contributed by atoms with Crippen molar-refractivity contribution >= 4 is 29.4 Å². The molecule has 2 rings (SSSR count). The number of carbonyl (C=O) groups excluding carboxylic acids is 1. The van der Waals surface area contributed by atoms with Crippen molar-refractivity contribution < 1.29 is 14.4 Å². The topological polar surface area (TPSA) is 59.9 Å². The molecule has 0 saturated carbocycles. The Labute approximate surface area is 152 Å². The molecule has 25 heavy (non-hydrogen) atoms. The fraction of sp³-hybridized carbons (Fsp3) is 0.263. The third-order valence-corrected chi connectivity index (χ3v) is 3.81. The molecule has 0 aliphatic rings. The smallest absolute Gasteiger partial charge is 0.265 e. The van der Waals surface area contributed by atoms with E-state index >= 15 is 0 Å². The molecule has 5 nitrogen and oxygen atoms in total. The largest absolute Gasteiger partial charge is 0.495 e. The van der Waals surface area contributed by atoms with Gasteiger partial charge >= 0.3 is 0 Å². The van der Waals surface area contributed by atoms with Crippen molar-refractivity contribution in [2.24, 2.45) is 5.16 Å². The van der Waals surface area contributed by atoms with Gasteiger partial charge in [-0.1, -0.05) is 54.9 Å². The summed E-state index contributed by atoms with van der Waals surface area (Å²) in [5.41, 5.74) is 2.73. The van der Waals surface area contributed by atoms with Gasteiger partial charge in [0.1, 0.15) is 5.75 Å². The van der Waals surface area contributed by atoms with E-state index in [9.17, 15) is 4.79 Å². The average Bonchev–Trinajstić information content (AvgIpc) is 2.59. The fourth-order valence-electron chi connectivity index (χ4n) is 2.10. The second-order valence-corrected chi connectivity index (χ2v) is 6.13. The number of nitrogens with one attached hydrogen (secondary N) is 1. The number of amides is 1. The summed E-state index contributed by atoms with van der Waals surface area (Å²) in [6, 6.07) is 13.0. The van der Waals surface area contributed by atoms with E-state index in [2.05, 4.69) is 24.3 Å². The van der Waals surface area contributed by atoms with Gasteiger partial charge in [-0.05, 0) is 35.2 Å². The quantitative estimate of drug-likeness (QED) is 0.585. The average molecular weight is 361 g/mol. The van der Waals surface area contributed by atoms with Crippen LogP contribution in [0.2, 0.25) is 5.02 Å². The van der Waals surface area contributed by atoms with Gasteiger partial charge in [0.25, 0.3) is 5.91 Å². The van der Waals surface area contributed by atoms with Crippen molar-refractivity contribution in [3.8, 4) is 5.75 Å². The number of rotatable bonds is 7. The molecule has 0 aromatic heterocycles. The summed E-state index contributed by atoms with van der Waals surface area (Å²) in [5.74, 6) is 0.704. The Bertz CT molecular complexity index is 743. The minimum Gasteiger partial charge on any atom is -0.495 e. The molecule has 6 heteroatoms. The predicted octanol–water partition coefficient (Wildman–Crippen LogP) is 4.46. The zero-order valence-corrected chi connectivity index (χ0v) is 15.2. The number of anilines is 1. The number of hydrogen-bond donors (Lipinski definition) is 1. The van der Waals surface area contributed by atoms with Crippen LogP contribution >= 0.6 is 11.6 Å². The van der Waals surface area contributed by atoms with E-state index < -0.39 is 0 Å². The molecular formula is C19H21ClN2O3. The number of ether oxygens (including phenoxy) is 1. The number of halogens is 1. The molecule has 1 amide bonds. The lowest BCUT2D eigenvalue weighted by Gasteiger charge is -2.07. The van der Waals surface area contributed by atoms with Gasteiger partial charge in [0.05, 0.1) is 18.3 Å². The van der Waals surface area contributed by atoms with E-state index in [1.165, 1.54) is 12.7 Å². The maximum Gasteiger partial charge on any atom is 0.265 e. The number of benzene rings is 2. The van der Waals surface area contributed by atoms with Crippen LogP contribution in [0.15, 0.2) is 47.6 Å². The molecule has 0 heterocycles. The van der Waals surface area contributed by atoms with Crippen molar-refractivity contribution in [2.45, 2.75) is 19.8 Å². The first-order valence-corrected chi connectivity index (χ1v) is 8.26. The van der Waals surface area contributed by atoms with Crippen molar-refractivity contribution in [1.29, 1.82) is 0 Å². The molecule has 2 aromatic rings. The van der Waals surface area contributed by atoms with Crippen LogP contribution in [-0.2, 0) is 9.63 Å². The molecule has 0 spiro atoms. The van der Waals surface area contributed by atoms with Crippen LogP contribution in [0.4, 0.5) is 5.69 Å². The highest BCUT2D eigenvalue weighted by atomic mass is 35.5. The van der Waals surface area contributed by atoms with Gasteiger partial charge < -0.3 is 14.9 Å². The highest BCUT2D eigenvalue weighted by Gasteiger charge is 2.06. The lowest BCUT2D eigenvalue weighted by atomic mass is 10.0. The first-order chi connectivity index (χ1) is 12.0. The van der Waals surface area contributed by atoms with E-state index in [1.54, 1.807) is 24.4 Å². The van der Waals surface area contributed by atoms with E-state index in [4.69, 9.17) is 21.2 Å². The maximum atomic E-state index is 11.8. The zero-order valence-electron chi connectivity index (χ0n) is 14.5. The van der Waals surface area contributed by atoms with Gasteiger partial charge in [-0.3, -0.25) is 4.79 Å². The molecule has 0 bridgehead atoms. The van der Waals surface area contributed by atoms with Gasteiger partial charge in [-0.15, -0.1) is 0 Å². The number of carbonyl (C=O) groups is 1. The summed E-state index contributed by atoms with van der Waals surface area (Å²) in [7, 11) is 1.53. The fourth-order valence-corrected chi connectivity index (χ4v) is 2.36. The molecule has 1 N–H and O–H groups in total. The molecule has 2 aromatic carbocycles. The zero-order chi connectivity index (χ0) is 18.2. The van der Waals surface area contributed by atoms with Gasteiger partial charge in [0.15, 0.2) is 6.61 Å². The number of hydrogen-bond acceptors (Lipinski definition) is 4. The Balaban J connectivity index is 1.80. The van der Waals surface area contributed by atoms with Crippen LogP contribution in [0.3, 0.4) is 0 Å². The van der Waals surface area contributed by atoms with Gasteiger partial charge in [0.2, 0.25) is 0 Å². The predicted molar refractivity (Wildman–Crippen MR) is 101 cm³/mol. The molecule has 0 saturated heterocycles. The lowest BCUT2D eigenvalue weighted by molar-refractivity contribution is -0.120. The molecular weight excluding hydrogens is 340 g/mol. The van der Waals surface area contributed by atoms with E-state index in [-0.39, 0.29) is 12.5 Å². The van der Waals surface area contributed by atoms with Crippen LogP contribution in [0, 0.1) is 0 Å². The Morgan fingerprint density at radius 3 is 2.56 bits per heavy atom. The van der Waals surface area contributed by atoms with Crippen LogP contribution < -0.4 is 10.1 Å². The molecule has 0 unspecified atom stereocenters. The summed E-state index contributed by atoms with van der Waals surface area (Å²) in [6.45, 7) is 4.09. The Morgan fingerprint density at radius 2 is 1.96 bits per heavy atom. The van der Waals surface area contributed by atoms with Crippen LogP contribution in [0.5, 0.6) is 5.75 Å². The number of nitrogens with zero attached hydrogens (tertiary/aromatic N) is 1. The van der Waals surface area contributed by atoms with Crippen LogP contribution in [0.25, 0.3) is 0 Å².